The van der Waals surface area contributed by atoms with Gasteiger partial charge in [-0.1, -0.05) is 15.9 Å². The molecule has 0 heterocycles. The lowest BCUT2D eigenvalue weighted by molar-refractivity contribution is 0.447. The Hall–Kier alpha value is -0.450. The van der Waals surface area contributed by atoms with Crippen molar-refractivity contribution in [3.8, 4) is 0 Å². The number of halogens is 2. The van der Waals surface area contributed by atoms with Gasteiger partial charge in [-0.05, 0) is 51.4 Å². The van der Waals surface area contributed by atoms with E-state index >= 15 is 0 Å². The first kappa shape index (κ1) is 14.6. The molecule has 0 atom stereocenters. The van der Waals surface area contributed by atoms with Crippen molar-refractivity contribution >= 4 is 15.9 Å². The average molecular weight is 303 g/mol. The largest absolute Gasteiger partial charge is 0.326 e. The molecule has 0 unspecified atom stereocenters. The van der Waals surface area contributed by atoms with Gasteiger partial charge in [0, 0.05) is 22.1 Å². The van der Waals surface area contributed by atoms with Crippen LogP contribution in [0.25, 0.3) is 0 Å². The smallest absolute Gasteiger partial charge is 0.127 e. The summed E-state index contributed by atoms with van der Waals surface area (Å²) in [6.07, 6.45) is 1.96. The van der Waals surface area contributed by atoms with Crippen LogP contribution in [0.15, 0.2) is 22.7 Å². The van der Waals surface area contributed by atoms with Crippen molar-refractivity contribution in [3.05, 3.63) is 34.1 Å². The summed E-state index contributed by atoms with van der Waals surface area (Å²) in [5, 5.41) is 3.23. The van der Waals surface area contributed by atoms with Crippen LogP contribution in [0.1, 0.15) is 32.3 Å². The maximum Gasteiger partial charge on any atom is 0.127 e. The minimum atomic E-state index is -0.167. The van der Waals surface area contributed by atoms with Crippen molar-refractivity contribution in [1.29, 1.82) is 0 Å². The molecule has 1 rings (SSSR count). The van der Waals surface area contributed by atoms with E-state index in [0.29, 0.717) is 12.1 Å². The molecule has 96 valence electrons. The molecule has 0 saturated heterocycles. The van der Waals surface area contributed by atoms with Crippen LogP contribution in [0, 0.1) is 5.82 Å². The Kier molecular flexibility index (Phi) is 5.56. The van der Waals surface area contributed by atoms with Crippen molar-refractivity contribution in [3.63, 3.8) is 0 Å². The van der Waals surface area contributed by atoms with E-state index < -0.39 is 0 Å². The summed E-state index contributed by atoms with van der Waals surface area (Å²) in [7, 11) is 0. The van der Waals surface area contributed by atoms with Gasteiger partial charge in [0.25, 0.3) is 0 Å². The van der Waals surface area contributed by atoms with Gasteiger partial charge in [-0.3, -0.25) is 0 Å². The molecule has 4 heteroatoms. The van der Waals surface area contributed by atoms with Crippen LogP contribution in [0.2, 0.25) is 0 Å². The molecule has 0 radical (unpaired) electrons. The van der Waals surface area contributed by atoms with Gasteiger partial charge in [0.15, 0.2) is 0 Å². The fourth-order valence-corrected chi connectivity index (χ4v) is 1.98. The van der Waals surface area contributed by atoms with Gasteiger partial charge in [0.05, 0.1) is 0 Å². The zero-order chi connectivity index (χ0) is 12.9. The summed E-state index contributed by atoms with van der Waals surface area (Å²) in [4.78, 5) is 0. The molecule has 0 bridgehead atoms. The zero-order valence-corrected chi connectivity index (χ0v) is 12.0. The summed E-state index contributed by atoms with van der Waals surface area (Å²) >= 11 is 3.33. The summed E-state index contributed by atoms with van der Waals surface area (Å²) in [6.45, 7) is 5.44. The minimum Gasteiger partial charge on any atom is -0.326 e. The molecule has 0 aliphatic carbocycles. The summed E-state index contributed by atoms with van der Waals surface area (Å²) in [5.41, 5.74) is 6.44. The molecule has 1 aromatic carbocycles. The molecule has 0 amide bonds. The van der Waals surface area contributed by atoms with Gasteiger partial charge in [0.1, 0.15) is 5.82 Å². The summed E-state index contributed by atoms with van der Waals surface area (Å²) in [6, 6.07) is 4.98. The SMILES string of the molecule is CC(C)(N)CCCNCc1cc(Br)ccc1F. The molecule has 0 aliphatic rings. The van der Waals surface area contributed by atoms with Gasteiger partial charge in [-0.15, -0.1) is 0 Å². The first-order chi connectivity index (χ1) is 7.88. The molecule has 0 saturated carbocycles. The molecular formula is C13H20BrFN2. The lowest BCUT2D eigenvalue weighted by Gasteiger charge is -2.18. The van der Waals surface area contributed by atoms with Crippen molar-refractivity contribution in [2.24, 2.45) is 5.73 Å². The van der Waals surface area contributed by atoms with Crippen LogP contribution in [0.3, 0.4) is 0 Å². The van der Waals surface area contributed by atoms with Crippen molar-refractivity contribution in [2.75, 3.05) is 6.54 Å². The highest BCUT2D eigenvalue weighted by atomic mass is 79.9. The third kappa shape index (κ3) is 6.15. The van der Waals surface area contributed by atoms with Gasteiger partial charge >= 0.3 is 0 Å². The zero-order valence-electron chi connectivity index (χ0n) is 10.4. The van der Waals surface area contributed by atoms with E-state index in [9.17, 15) is 4.39 Å². The van der Waals surface area contributed by atoms with Gasteiger partial charge in [-0.25, -0.2) is 4.39 Å². The van der Waals surface area contributed by atoms with E-state index in [-0.39, 0.29) is 11.4 Å². The van der Waals surface area contributed by atoms with E-state index in [0.717, 1.165) is 23.9 Å². The molecule has 1 aromatic rings. The fourth-order valence-electron chi connectivity index (χ4n) is 1.57. The first-order valence-corrected chi connectivity index (χ1v) is 6.61. The quantitative estimate of drug-likeness (QED) is 0.792. The van der Waals surface area contributed by atoms with E-state index in [1.54, 1.807) is 12.1 Å². The second-order valence-corrected chi connectivity index (χ2v) is 5.92. The molecule has 0 fully saturated rings. The second kappa shape index (κ2) is 6.47. The Morgan fingerprint density at radius 1 is 1.41 bits per heavy atom. The van der Waals surface area contributed by atoms with Gasteiger partial charge in [0.2, 0.25) is 0 Å². The lowest BCUT2D eigenvalue weighted by atomic mass is 10.0. The predicted molar refractivity (Wildman–Crippen MR) is 73.3 cm³/mol. The van der Waals surface area contributed by atoms with E-state index in [1.807, 2.05) is 13.8 Å². The minimum absolute atomic E-state index is 0.122. The van der Waals surface area contributed by atoms with Crippen molar-refractivity contribution < 1.29 is 4.39 Å². The van der Waals surface area contributed by atoms with Crippen molar-refractivity contribution in [2.45, 2.75) is 38.8 Å². The van der Waals surface area contributed by atoms with E-state index in [4.69, 9.17) is 5.73 Å². The lowest BCUT2D eigenvalue weighted by Crippen LogP contribution is -2.32. The second-order valence-electron chi connectivity index (χ2n) is 5.00. The first-order valence-electron chi connectivity index (χ1n) is 5.82. The molecule has 17 heavy (non-hydrogen) atoms. The number of rotatable bonds is 6. The Morgan fingerprint density at radius 2 is 2.12 bits per heavy atom. The highest BCUT2D eigenvalue weighted by Gasteiger charge is 2.09. The number of hydrogen-bond donors (Lipinski definition) is 2. The molecule has 0 aliphatic heterocycles. The average Bonchev–Trinajstić information content (AvgIpc) is 2.21. The van der Waals surface area contributed by atoms with Crippen LogP contribution in [-0.2, 0) is 6.54 Å². The van der Waals surface area contributed by atoms with E-state index in [1.165, 1.54) is 6.07 Å². The van der Waals surface area contributed by atoms with Crippen LogP contribution < -0.4 is 11.1 Å². The normalized spacial score (nSPS) is 11.8. The molecule has 0 aromatic heterocycles. The Bertz CT molecular complexity index is 361. The Morgan fingerprint density at radius 3 is 2.76 bits per heavy atom. The summed E-state index contributed by atoms with van der Waals surface area (Å²) < 4.78 is 14.3. The molecular weight excluding hydrogens is 283 g/mol. The van der Waals surface area contributed by atoms with Crippen LogP contribution in [0.5, 0.6) is 0 Å². The number of nitrogens with two attached hydrogens (primary N) is 1. The van der Waals surface area contributed by atoms with Crippen LogP contribution in [0.4, 0.5) is 4.39 Å². The monoisotopic (exact) mass is 302 g/mol. The van der Waals surface area contributed by atoms with Gasteiger partial charge in [-0.2, -0.15) is 0 Å². The third-order valence-corrected chi connectivity index (χ3v) is 2.99. The number of nitrogens with one attached hydrogen (secondary N) is 1. The maximum atomic E-state index is 13.4. The maximum absolute atomic E-state index is 13.4. The highest BCUT2D eigenvalue weighted by Crippen LogP contribution is 2.15. The molecule has 2 nitrogen and oxygen atoms in total. The number of benzene rings is 1. The number of hydrogen-bond acceptors (Lipinski definition) is 2. The predicted octanol–water partition coefficient (Wildman–Crippen LogP) is 3.20. The third-order valence-electron chi connectivity index (χ3n) is 2.50. The van der Waals surface area contributed by atoms with Gasteiger partial charge < -0.3 is 11.1 Å². The summed E-state index contributed by atoms with van der Waals surface area (Å²) in [5.74, 6) is -0.167. The van der Waals surface area contributed by atoms with E-state index in [2.05, 4.69) is 21.2 Å². The Labute approximate surface area is 111 Å². The molecule has 3 N–H and O–H groups in total. The standard InChI is InChI=1S/C13H20BrFN2/c1-13(2,16)6-3-7-17-9-10-8-11(14)4-5-12(10)15/h4-5,8,17H,3,6-7,9,16H2,1-2H3. The van der Waals surface area contributed by atoms with Crippen LogP contribution in [-0.4, -0.2) is 12.1 Å². The van der Waals surface area contributed by atoms with Crippen LogP contribution >= 0.6 is 15.9 Å². The fraction of sp³-hybridized carbons (Fsp3) is 0.538. The highest BCUT2D eigenvalue weighted by molar-refractivity contribution is 9.10. The topological polar surface area (TPSA) is 38.0 Å². The Balaban J connectivity index is 2.29. The molecule has 0 spiro atoms. The van der Waals surface area contributed by atoms with Crippen molar-refractivity contribution in [1.82, 2.24) is 5.32 Å².